The molecule has 7 heteroatoms. The number of amides is 1. The molecule has 0 bridgehead atoms. The minimum atomic E-state index is -0.364. The van der Waals surface area contributed by atoms with Crippen LogP contribution in [0.4, 0.5) is 17.2 Å². The van der Waals surface area contributed by atoms with Crippen LogP contribution < -0.4 is 10.2 Å². The van der Waals surface area contributed by atoms with Crippen LogP contribution in [0.15, 0.2) is 54.6 Å². The van der Waals surface area contributed by atoms with Gasteiger partial charge in [-0.2, -0.15) is 0 Å². The summed E-state index contributed by atoms with van der Waals surface area (Å²) in [5.41, 5.74) is 1.71. The molecule has 0 aliphatic heterocycles. The number of aryl methyl sites for hydroxylation is 1. The molecule has 26 heavy (non-hydrogen) atoms. The van der Waals surface area contributed by atoms with Crippen LogP contribution in [0, 0.1) is 6.92 Å². The van der Waals surface area contributed by atoms with Crippen molar-refractivity contribution < 1.29 is 4.79 Å². The zero-order chi connectivity index (χ0) is 18.7. The molecule has 0 aliphatic rings. The third-order valence-corrected chi connectivity index (χ3v) is 4.10. The number of para-hydroxylation sites is 1. The number of halogens is 2. The Hall–Kier alpha value is -2.63. The molecule has 3 aromatic rings. The van der Waals surface area contributed by atoms with Gasteiger partial charge in [0.1, 0.15) is 17.3 Å². The Kier molecular flexibility index (Phi) is 5.40. The van der Waals surface area contributed by atoms with Gasteiger partial charge in [0.2, 0.25) is 0 Å². The third kappa shape index (κ3) is 4.31. The predicted octanol–water partition coefficient (Wildman–Crippen LogP) is 5.11. The quantitative estimate of drug-likeness (QED) is 0.676. The highest BCUT2D eigenvalue weighted by molar-refractivity contribution is 6.35. The Morgan fingerprint density at radius 1 is 1.00 bits per heavy atom. The number of rotatable bonds is 4. The van der Waals surface area contributed by atoms with E-state index in [2.05, 4.69) is 15.3 Å². The van der Waals surface area contributed by atoms with Crippen molar-refractivity contribution in [2.24, 2.45) is 0 Å². The van der Waals surface area contributed by atoms with Gasteiger partial charge in [0.25, 0.3) is 5.91 Å². The molecule has 0 saturated heterocycles. The van der Waals surface area contributed by atoms with Crippen LogP contribution in [0.25, 0.3) is 0 Å². The topological polar surface area (TPSA) is 58.1 Å². The van der Waals surface area contributed by atoms with Crippen molar-refractivity contribution in [2.75, 3.05) is 17.3 Å². The number of carbonyl (C=O) groups excluding carboxylic acids is 1. The predicted molar refractivity (Wildman–Crippen MR) is 106 cm³/mol. The molecule has 3 rings (SSSR count). The molecule has 0 radical (unpaired) electrons. The number of carbonyl (C=O) groups is 1. The lowest BCUT2D eigenvalue weighted by Crippen LogP contribution is -2.18. The zero-order valence-electron chi connectivity index (χ0n) is 14.2. The van der Waals surface area contributed by atoms with Gasteiger partial charge in [-0.3, -0.25) is 4.79 Å². The van der Waals surface area contributed by atoms with Crippen molar-refractivity contribution in [1.82, 2.24) is 9.97 Å². The average molecular weight is 387 g/mol. The number of aromatic nitrogens is 2. The molecule has 1 aromatic heterocycles. The van der Waals surface area contributed by atoms with Crippen LogP contribution in [-0.4, -0.2) is 22.9 Å². The lowest BCUT2D eigenvalue weighted by atomic mass is 10.2. The summed E-state index contributed by atoms with van der Waals surface area (Å²) in [4.78, 5) is 23.1. The second-order valence-electron chi connectivity index (χ2n) is 5.67. The average Bonchev–Trinajstić information content (AvgIpc) is 2.60. The molecular formula is C19H16Cl2N4O. The highest BCUT2D eigenvalue weighted by Gasteiger charge is 2.14. The molecule has 1 N–H and O–H groups in total. The summed E-state index contributed by atoms with van der Waals surface area (Å²) in [6.45, 7) is 1.75. The fourth-order valence-electron chi connectivity index (χ4n) is 2.45. The van der Waals surface area contributed by atoms with Gasteiger partial charge < -0.3 is 10.2 Å². The molecule has 0 aliphatic carbocycles. The smallest absolute Gasteiger partial charge is 0.274 e. The van der Waals surface area contributed by atoms with Crippen molar-refractivity contribution in [1.29, 1.82) is 0 Å². The first kappa shape index (κ1) is 18.2. The minimum Gasteiger partial charge on any atom is -0.329 e. The number of anilines is 3. The fourth-order valence-corrected chi connectivity index (χ4v) is 2.97. The molecule has 5 nitrogen and oxygen atoms in total. The van der Waals surface area contributed by atoms with Crippen LogP contribution >= 0.6 is 23.2 Å². The largest absolute Gasteiger partial charge is 0.329 e. The monoisotopic (exact) mass is 386 g/mol. The number of hydrogen-bond acceptors (Lipinski definition) is 4. The zero-order valence-corrected chi connectivity index (χ0v) is 15.7. The van der Waals surface area contributed by atoms with Gasteiger partial charge in [-0.05, 0) is 37.3 Å². The van der Waals surface area contributed by atoms with E-state index < -0.39 is 0 Å². The Morgan fingerprint density at radius 2 is 1.65 bits per heavy atom. The van der Waals surface area contributed by atoms with Gasteiger partial charge >= 0.3 is 0 Å². The molecule has 1 amide bonds. The van der Waals surface area contributed by atoms with Crippen LogP contribution in [0.1, 0.15) is 16.3 Å². The SMILES string of the molecule is Cc1nc(C(=O)Nc2cc(Cl)cc(Cl)c2)cc(N(C)c2ccccc2)n1. The molecule has 0 atom stereocenters. The van der Waals surface area contributed by atoms with Gasteiger partial charge in [0, 0.05) is 34.5 Å². The number of nitrogens with one attached hydrogen (secondary N) is 1. The van der Waals surface area contributed by atoms with E-state index in [0.717, 1.165) is 5.69 Å². The lowest BCUT2D eigenvalue weighted by Gasteiger charge is -2.19. The number of benzene rings is 2. The first-order valence-corrected chi connectivity index (χ1v) is 8.60. The van der Waals surface area contributed by atoms with E-state index in [0.29, 0.717) is 27.4 Å². The molecule has 0 fully saturated rings. The van der Waals surface area contributed by atoms with Crippen LogP contribution in [-0.2, 0) is 0 Å². The van der Waals surface area contributed by atoms with Gasteiger partial charge in [0.15, 0.2) is 0 Å². The Balaban J connectivity index is 1.88. The van der Waals surface area contributed by atoms with E-state index in [4.69, 9.17) is 23.2 Å². The molecule has 132 valence electrons. The first-order valence-electron chi connectivity index (χ1n) is 7.84. The maximum atomic E-state index is 12.6. The van der Waals surface area contributed by atoms with Gasteiger partial charge in [-0.15, -0.1) is 0 Å². The normalized spacial score (nSPS) is 10.5. The second kappa shape index (κ2) is 7.72. The second-order valence-corrected chi connectivity index (χ2v) is 6.54. The van der Waals surface area contributed by atoms with Crippen molar-refractivity contribution in [3.05, 3.63) is 76.2 Å². The van der Waals surface area contributed by atoms with Crippen LogP contribution in [0.2, 0.25) is 10.0 Å². The molecular weight excluding hydrogens is 371 g/mol. The Labute approximate surface area is 161 Å². The molecule has 0 spiro atoms. The third-order valence-electron chi connectivity index (χ3n) is 3.66. The summed E-state index contributed by atoms with van der Waals surface area (Å²) in [5, 5.41) is 3.64. The van der Waals surface area contributed by atoms with E-state index in [1.165, 1.54) is 0 Å². The van der Waals surface area contributed by atoms with Crippen molar-refractivity contribution in [3.8, 4) is 0 Å². The summed E-state index contributed by atoms with van der Waals surface area (Å²) in [7, 11) is 1.88. The van der Waals surface area contributed by atoms with Crippen molar-refractivity contribution in [2.45, 2.75) is 6.92 Å². The maximum Gasteiger partial charge on any atom is 0.274 e. The van der Waals surface area contributed by atoms with E-state index in [1.807, 2.05) is 42.3 Å². The summed E-state index contributed by atoms with van der Waals surface area (Å²) in [6, 6.07) is 16.2. The maximum absolute atomic E-state index is 12.6. The molecule has 2 aromatic carbocycles. The first-order chi connectivity index (χ1) is 12.4. The summed E-state index contributed by atoms with van der Waals surface area (Å²) < 4.78 is 0. The standard InChI is InChI=1S/C19H16Cl2N4O/c1-12-22-17(19(26)24-15-9-13(20)8-14(21)10-15)11-18(23-12)25(2)16-6-4-3-5-7-16/h3-11H,1-2H3,(H,24,26). The Bertz CT molecular complexity index is 927. The van der Waals surface area contributed by atoms with Gasteiger partial charge in [-0.1, -0.05) is 41.4 Å². The molecule has 1 heterocycles. The van der Waals surface area contributed by atoms with E-state index >= 15 is 0 Å². The van der Waals surface area contributed by atoms with Gasteiger partial charge in [-0.25, -0.2) is 9.97 Å². The number of hydrogen-bond donors (Lipinski definition) is 1. The fraction of sp³-hybridized carbons (Fsp3) is 0.105. The van der Waals surface area contributed by atoms with E-state index in [-0.39, 0.29) is 11.6 Å². The molecule has 0 unspecified atom stereocenters. The highest BCUT2D eigenvalue weighted by atomic mass is 35.5. The highest BCUT2D eigenvalue weighted by Crippen LogP contribution is 2.24. The Morgan fingerprint density at radius 3 is 2.31 bits per heavy atom. The summed E-state index contributed by atoms with van der Waals surface area (Å²) in [5.74, 6) is 0.758. The van der Waals surface area contributed by atoms with Crippen LogP contribution in [0.3, 0.4) is 0 Å². The van der Waals surface area contributed by atoms with Crippen molar-refractivity contribution in [3.63, 3.8) is 0 Å². The summed E-state index contributed by atoms with van der Waals surface area (Å²) in [6.07, 6.45) is 0. The minimum absolute atomic E-state index is 0.256. The molecule has 0 saturated carbocycles. The summed E-state index contributed by atoms with van der Waals surface area (Å²) >= 11 is 11.9. The lowest BCUT2D eigenvalue weighted by molar-refractivity contribution is 0.102. The van der Waals surface area contributed by atoms with E-state index in [9.17, 15) is 4.79 Å². The number of nitrogens with zero attached hydrogens (tertiary/aromatic N) is 3. The van der Waals surface area contributed by atoms with Crippen LogP contribution in [0.5, 0.6) is 0 Å². The van der Waals surface area contributed by atoms with Gasteiger partial charge in [0.05, 0.1) is 0 Å². The van der Waals surface area contributed by atoms with E-state index in [1.54, 1.807) is 31.2 Å². The van der Waals surface area contributed by atoms with Crippen molar-refractivity contribution >= 4 is 46.3 Å².